The van der Waals surface area contributed by atoms with Gasteiger partial charge in [0, 0.05) is 18.1 Å². The first-order valence-electron chi connectivity index (χ1n) is 9.82. The first-order valence-corrected chi connectivity index (χ1v) is 9.82. The highest BCUT2D eigenvalue weighted by Gasteiger charge is 2.26. The highest BCUT2D eigenvalue weighted by Crippen LogP contribution is 2.23. The molecular weight excluding hydrogens is 256 g/mol. The van der Waals surface area contributed by atoms with Crippen molar-refractivity contribution in [1.29, 1.82) is 0 Å². The second kappa shape index (κ2) is 9.84. The molecule has 2 heteroatoms. The summed E-state index contributed by atoms with van der Waals surface area (Å²) in [7, 11) is 0. The maximum absolute atomic E-state index is 3.94. The van der Waals surface area contributed by atoms with Crippen molar-refractivity contribution in [3.8, 4) is 0 Å². The average Bonchev–Trinajstić information content (AvgIpc) is 2.45. The van der Waals surface area contributed by atoms with Crippen molar-refractivity contribution in [3.63, 3.8) is 0 Å². The lowest BCUT2D eigenvalue weighted by atomic mass is 9.97. The van der Waals surface area contributed by atoms with Gasteiger partial charge in [-0.1, -0.05) is 64.2 Å². The van der Waals surface area contributed by atoms with E-state index in [4.69, 9.17) is 0 Å². The molecule has 1 aliphatic carbocycles. The lowest BCUT2D eigenvalue weighted by molar-refractivity contribution is 0.0255. The van der Waals surface area contributed by atoms with Crippen molar-refractivity contribution in [2.75, 3.05) is 0 Å². The second-order valence-electron chi connectivity index (χ2n) is 7.62. The van der Waals surface area contributed by atoms with Gasteiger partial charge in [0.15, 0.2) is 0 Å². The molecule has 0 aromatic heterocycles. The van der Waals surface area contributed by atoms with E-state index >= 15 is 0 Å². The smallest absolute Gasteiger partial charge is 0.0218 e. The zero-order valence-corrected chi connectivity index (χ0v) is 14.6. The first kappa shape index (κ1) is 17.3. The van der Waals surface area contributed by atoms with E-state index in [1.54, 1.807) is 0 Å². The quantitative estimate of drug-likeness (QED) is 0.731. The van der Waals surface area contributed by atoms with Crippen LogP contribution in [0, 0.1) is 0 Å². The minimum Gasteiger partial charge on any atom is -0.252 e. The predicted molar refractivity (Wildman–Crippen MR) is 92.3 cm³/mol. The van der Waals surface area contributed by atoms with Crippen LogP contribution >= 0.6 is 0 Å². The Hall–Kier alpha value is -0.0800. The van der Waals surface area contributed by atoms with E-state index < -0.39 is 0 Å². The van der Waals surface area contributed by atoms with Crippen LogP contribution in [0.25, 0.3) is 0 Å². The minimum absolute atomic E-state index is 0.718. The van der Waals surface area contributed by atoms with Crippen LogP contribution in [0.1, 0.15) is 104 Å². The summed E-state index contributed by atoms with van der Waals surface area (Å²) in [5.74, 6) is 0. The van der Waals surface area contributed by atoms with Gasteiger partial charge in [0.1, 0.15) is 0 Å². The van der Waals surface area contributed by atoms with Crippen LogP contribution in [-0.4, -0.2) is 23.1 Å². The molecule has 2 fully saturated rings. The standard InChI is InChI=1S/C19H38N2/c1-17-13-12-14-18(2)21(17)20-19-15-10-8-6-4-3-5-7-9-11-16-19/h17-20H,3-16H2,1-2H3. The lowest BCUT2D eigenvalue weighted by Gasteiger charge is -2.41. The van der Waals surface area contributed by atoms with Gasteiger partial charge < -0.3 is 0 Å². The first-order chi connectivity index (χ1) is 10.3. The maximum atomic E-state index is 3.94. The fourth-order valence-corrected chi connectivity index (χ4v) is 4.18. The van der Waals surface area contributed by atoms with Gasteiger partial charge in [-0.3, -0.25) is 5.43 Å². The molecule has 0 bridgehead atoms. The molecule has 1 saturated carbocycles. The summed E-state index contributed by atoms with van der Waals surface area (Å²) in [6.07, 6.45) is 20.0. The van der Waals surface area contributed by atoms with Gasteiger partial charge in [0.25, 0.3) is 0 Å². The highest BCUT2D eigenvalue weighted by molar-refractivity contribution is 4.79. The maximum Gasteiger partial charge on any atom is 0.0218 e. The van der Waals surface area contributed by atoms with Crippen LogP contribution in [0.4, 0.5) is 0 Å². The van der Waals surface area contributed by atoms with Crippen LogP contribution in [0.5, 0.6) is 0 Å². The summed E-state index contributed by atoms with van der Waals surface area (Å²) in [4.78, 5) is 0. The molecule has 0 aromatic carbocycles. The van der Waals surface area contributed by atoms with Crippen molar-refractivity contribution in [2.45, 2.75) is 122 Å². The third-order valence-electron chi connectivity index (χ3n) is 5.63. The molecule has 0 amide bonds. The largest absolute Gasteiger partial charge is 0.252 e. The van der Waals surface area contributed by atoms with E-state index in [0.29, 0.717) is 0 Å². The third-order valence-corrected chi connectivity index (χ3v) is 5.63. The van der Waals surface area contributed by atoms with Crippen molar-refractivity contribution in [3.05, 3.63) is 0 Å². The van der Waals surface area contributed by atoms with Gasteiger partial charge in [-0.2, -0.15) is 0 Å². The number of hydrogen-bond acceptors (Lipinski definition) is 2. The molecular formula is C19H38N2. The molecule has 2 nitrogen and oxygen atoms in total. The molecule has 2 rings (SSSR count). The predicted octanol–water partition coefficient (Wildman–Crippen LogP) is 5.43. The van der Waals surface area contributed by atoms with E-state index in [1.807, 2.05) is 0 Å². The Labute approximate surface area is 133 Å². The number of piperidine rings is 1. The molecule has 2 unspecified atom stereocenters. The molecule has 0 spiro atoms. The number of hydrogen-bond donors (Lipinski definition) is 1. The topological polar surface area (TPSA) is 15.3 Å². The molecule has 0 aromatic rings. The van der Waals surface area contributed by atoms with Gasteiger partial charge in [0.2, 0.25) is 0 Å². The van der Waals surface area contributed by atoms with Crippen LogP contribution < -0.4 is 5.43 Å². The third kappa shape index (κ3) is 6.28. The average molecular weight is 295 g/mol. The Kier molecular flexibility index (Phi) is 8.10. The minimum atomic E-state index is 0.718. The molecule has 2 aliphatic rings. The molecule has 124 valence electrons. The number of hydrazine groups is 1. The summed E-state index contributed by atoms with van der Waals surface area (Å²) in [5.41, 5.74) is 3.94. The lowest BCUT2D eigenvalue weighted by Crippen LogP contribution is -2.55. The summed E-state index contributed by atoms with van der Waals surface area (Å²) < 4.78 is 0. The van der Waals surface area contributed by atoms with Crippen molar-refractivity contribution >= 4 is 0 Å². The van der Waals surface area contributed by atoms with E-state index in [-0.39, 0.29) is 0 Å². The SMILES string of the molecule is CC1CCCC(C)N1NC1CCCCCCCCCCC1. The Balaban J connectivity index is 1.81. The molecule has 21 heavy (non-hydrogen) atoms. The Morgan fingerprint density at radius 2 is 1.00 bits per heavy atom. The normalized spacial score (nSPS) is 32.3. The molecule has 1 aliphatic heterocycles. The second-order valence-corrected chi connectivity index (χ2v) is 7.62. The van der Waals surface area contributed by atoms with Gasteiger partial charge in [-0.15, -0.1) is 0 Å². The summed E-state index contributed by atoms with van der Waals surface area (Å²) in [6.45, 7) is 4.80. The molecule has 2 atom stereocenters. The summed E-state index contributed by atoms with van der Waals surface area (Å²) in [5, 5.41) is 2.60. The Bertz CT molecular complexity index is 244. The number of nitrogens with one attached hydrogen (secondary N) is 1. The Morgan fingerprint density at radius 1 is 0.571 bits per heavy atom. The number of rotatable bonds is 2. The van der Waals surface area contributed by atoms with Gasteiger partial charge in [-0.25, -0.2) is 5.01 Å². The molecule has 1 saturated heterocycles. The van der Waals surface area contributed by atoms with Crippen LogP contribution in [0.15, 0.2) is 0 Å². The fraction of sp³-hybridized carbons (Fsp3) is 1.00. The van der Waals surface area contributed by atoms with Crippen molar-refractivity contribution in [1.82, 2.24) is 10.4 Å². The zero-order chi connectivity index (χ0) is 14.9. The van der Waals surface area contributed by atoms with Gasteiger partial charge >= 0.3 is 0 Å². The van der Waals surface area contributed by atoms with Crippen molar-refractivity contribution in [2.24, 2.45) is 0 Å². The molecule has 0 radical (unpaired) electrons. The van der Waals surface area contributed by atoms with E-state index in [2.05, 4.69) is 24.3 Å². The van der Waals surface area contributed by atoms with Crippen LogP contribution in [0.3, 0.4) is 0 Å². The Morgan fingerprint density at radius 3 is 1.48 bits per heavy atom. The summed E-state index contributed by atoms with van der Waals surface area (Å²) in [6, 6.07) is 2.16. The fourth-order valence-electron chi connectivity index (χ4n) is 4.18. The van der Waals surface area contributed by atoms with Crippen molar-refractivity contribution < 1.29 is 0 Å². The van der Waals surface area contributed by atoms with E-state index in [1.165, 1.54) is 89.9 Å². The highest BCUT2D eigenvalue weighted by atomic mass is 15.5. The number of nitrogens with zero attached hydrogens (tertiary/aromatic N) is 1. The van der Waals surface area contributed by atoms with E-state index in [0.717, 1.165) is 18.1 Å². The zero-order valence-electron chi connectivity index (χ0n) is 14.6. The van der Waals surface area contributed by atoms with E-state index in [9.17, 15) is 0 Å². The van der Waals surface area contributed by atoms with Crippen LogP contribution in [-0.2, 0) is 0 Å². The van der Waals surface area contributed by atoms with Gasteiger partial charge in [0.05, 0.1) is 0 Å². The monoisotopic (exact) mass is 294 g/mol. The van der Waals surface area contributed by atoms with Crippen LogP contribution in [0.2, 0.25) is 0 Å². The van der Waals surface area contributed by atoms with Gasteiger partial charge in [-0.05, 0) is 39.5 Å². The molecule has 1 heterocycles. The molecule has 1 N–H and O–H groups in total. The summed E-state index contributed by atoms with van der Waals surface area (Å²) >= 11 is 0.